The minimum Gasteiger partial charge on any atom is -0.487 e. The molecule has 1 aromatic rings. The summed E-state index contributed by atoms with van der Waals surface area (Å²) in [7, 11) is 0. The maximum Gasteiger partial charge on any atom is 0.125 e. The number of hydrogen-bond donors (Lipinski definition) is 1. The van der Waals surface area contributed by atoms with Gasteiger partial charge < -0.3 is 10.1 Å². The van der Waals surface area contributed by atoms with Crippen LogP contribution < -0.4 is 10.1 Å². The third-order valence-corrected chi connectivity index (χ3v) is 5.43. The third-order valence-electron chi connectivity index (χ3n) is 4.94. The molecule has 1 spiro atoms. The van der Waals surface area contributed by atoms with Gasteiger partial charge in [-0.05, 0) is 56.3 Å². The molecule has 3 atom stereocenters. The molecule has 3 rings (SSSR count). The number of hydrogen-bond acceptors (Lipinski definition) is 2. The molecule has 1 N–H and O–H groups in total. The van der Waals surface area contributed by atoms with E-state index in [0.717, 1.165) is 29.1 Å². The third kappa shape index (κ3) is 3.29. The summed E-state index contributed by atoms with van der Waals surface area (Å²) in [5, 5.41) is 3.74. The number of benzene rings is 1. The molecule has 0 radical (unpaired) electrons. The smallest absolute Gasteiger partial charge is 0.125 e. The molecule has 2 aliphatic rings. The summed E-state index contributed by atoms with van der Waals surface area (Å²) in [6, 6.07) is 6.89. The molecule has 3 heteroatoms. The number of halogens is 1. The summed E-state index contributed by atoms with van der Waals surface area (Å²) in [6.45, 7) is 5.67. The molecule has 0 amide bonds. The lowest BCUT2D eigenvalue weighted by Crippen LogP contribution is -2.47. The van der Waals surface area contributed by atoms with E-state index in [1.807, 2.05) is 0 Å². The summed E-state index contributed by atoms with van der Waals surface area (Å²) < 4.78 is 7.68. The Morgan fingerprint density at radius 1 is 1.38 bits per heavy atom. The van der Waals surface area contributed by atoms with Gasteiger partial charge in [-0.25, -0.2) is 0 Å². The number of nitrogens with one attached hydrogen (secondary N) is 1. The van der Waals surface area contributed by atoms with Crippen LogP contribution in [0.4, 0.5) is 0 Å². The zero-order valence-electron chi connectivity index (χ0n) is 13.1. The van der Waals surface area contributed by atoms with Crippen LogP contribution in [0.15, 0.2) is 22.7 Å². The Kier molecular flexibility index (Phi) is 4.60. The highest BCUT2D eigenvalue weighted by Gasteiger charge is 2.43. The van der Waals surface area contributed by atoms with Crippen molar-refractivity contribution in [1.29, 1.82) is 0 Å². The second kappa shape index (κ2) is 6.29. The van der Waals surface area contributed by atoms with Crippen LogP contribution in [-0.2, 0) is 0 Å². The fraction of sp³-hybridized carbons (Fsp3) is 0.667. The summed E-state index contributed by atoms with van der Waals surface area (Å²) in [6.07, 6.45) is 7.34. The van der Waals surface area contributed by atoms with Gasteiger partial charge in [0.2, 0.25) is 0 Å². The van der Waals surface area contributed by atoms with E-state index < -0.39 is 0 Å². The van der Waals surface area contributed by atoms with Gasteiger partial charge in [0.05, 0.1) is 0 Å². The van der Waals surface area contributed by atoms with Gasteiger partial charge >= 0.3 is 0 Å². The molecule has 116 valence electrons. The van der Waals surface area contributed by atoms with Crippen LogP contribution in [0.3, 0.4) is 0 Å². The lowest BCUT2D eigenvalue weighted by molar-refractivity contribution is -0.0180. The predicted octanol–water partition coefficient (Wildman–Crippen LogP) is 5.22. The van der Waals surface area contributed by atoms with Crippen molar-refractivity contribution in [3.05, 3.63) is 28.2 Å². The Hall–Kier alpha value is -0.540. The Bertz CT molecular complexity index is 504. The summed E-state index contributed by atoms with van der Waals surface area (Å²) in [5.74, 6) is 1.87. The molecular formula is C18H26BrNO. The van der Waals surface area contributed by atoms with Crippen LogP contribution in [0.25, 0.3) is 0 Å². The van der Waals surface area contributed by atoms with Crippen LogP contribution in [0, 0.1) is 5.92 Å². The SMILES string of the molecule is CCCNC1CC2(CCCC(C)C2)Oc2ccc(Br)cc21. The van der Waals surface area contributed by atoms with Crippen molar-refractivity contribution in [2.75, 3.05) is 6.54 Å². The van der Waals surface area contributed by atoms with Crippen molar-refractivity contribution in [3.63, 3.8) is 0 Å². The molecule has 0 aromatic heterocycles. The van der Waals surface area contributed by atoms with E-state index in [2.05, 4.69) is 53.3 Å². The van der Waals surface area contributed by atoms with Crippen molar-refractivity contribution in [2.45, 2.75) is 64.0 Å². The minimum absolute atomic E-state index is 0.0594. The van der Waals surface area contributed by atoms with Gasteiger partial charge in [-0.3, -0.25) is 0 Å². The van der Waals surface area contributed by atoms with Crippen molar-refractivity contribution in [3.8, 4) is 5.75 Å². The highest BCUT2D eigenvalue weighted by atomic mass is 79.9. The van der Waals surface area contributed by atoms with Gasteiger partial charge in [0.25, 0.3) is 0 Å². The lowest BCUT2D eigenvalue weighted by Gasteiger charge is -2.46. The molecule has 2 nitrogen and oxygen atoms in total. The van der Waals surface area contributed by atoms with Gasteiger partial charge in [0, 0.05) is 22.5 Å². The molecule has 1 saturated carbocycles. The van der Waals surface area contributed by atoms with Crippen LogP contribution >= 0.6 is 15.9 Å². The topological polar surface area (TPSA) is 21.3 Å². The molecule has 1 fully saturated rings. The van der Waals surface area contributed by atoms with Crippen LogP contribution in [0.1, 0.15) is 64.0 Å². The van der Waals surface area contributed by atoms with E-state index in [9.17, 15) is 0 Å². The maximum atomic E-state index is 6.54. The van der Waals surface area contributed by atoms with Crippen molar-refractivity contribution < 1.29 is 4.74 Å². The van der Waals surface area contributed by atoms with Gasteiger partial charge in [-0.2, -0.15) is 0 Å². The molecule has 1 aromatic carbocycles. The largest absolute Gasteiger partial charge is 0.487 e. The normalized spacial score (nSPS) is 31.8. The molecule has 21 heavy (non-hydrogen) atoms. The molecule has 0 bridgehead atoms. The lowest BCUT2D eigenvalue weighted by atomic mass is 9.73. The quantitative estimate of drug-likeness (QED) is 0.805. The summed E-state index contributed by atoms with van der Waals surface area (Å²) in [4.78, 5) is 0. The Morgan fingerprint density at radius 2 is 2.24 bits per heavy atom. The molecular weight excluding hydrogens is 326 g/mol. The van der Waals surface area contributed by atoms with Crippen LogP contribution in [0.2, 0.25) is 0 Å². The summed E-state index contributed by atoms with van der Waals surface area (Å²) >= 11 is 3.60. The first-order valence-corrected chi connectivity index (χ1v) is 9.13. The molecule has 3 unspecified atom stereocenters. The molecule has 0 saturated heterocycles. The van der Waals surface area contributed by atoms with Crippen molar-refractivity contribution in [2.24, 2.45) is 5.92 Å². The van der Waals surface area contributed by atoms with Gasteiger partial charge in [-0.1, -0.05) is 36.2 Å². The molecule has 1 heterocycles. The van der Waals surface area contributed by atoms with Gasteiger partial charge in [0.15, 0.2) is 0 Å². The van der Waals surface area contributed by atoms with E-state index >= 15 is 0 Å². The highest BCUT2D eigenvalue weighted by molar-refractivity contribution is 9.10. The Labute approximate surface area is 136 Å². The standard InChI is InChI=1S/C18H26BrNO/c1-3-9-20-16-12-18(8-4-5-13(2)11-18)21-17-7-6-14(19)10-15(16)17/h6-7,10,13,16,20H,3-5,8-9,11-12H2,1-2H3. The minimum atomic E-state index is 0.0594. The average molecular weight is 352 g/mol. The first-order chi connectivity index (χ1) is 10.1. The van der Waals surface area contributed by atoms with Crippen molar-refractivity contribution in [1.82, 2.24) is 5.32 Å². The molecule has 1 aliphatic heterocycles. The van der Waals surface area contributed by atoms with Gasteiger partial charge in [0.1, 0.15) is 11.4 Å². The number of fused-ring (bicyclic) bond motifs is 1. The predicted molar refractivity (Wildman–Crippen MR) is 90.8 cm³/mol. The van der Waals surface area contributed by atoms with E-state index in [1.54, 1.807) is 0 Å². The second-order valence-electron chi connectivity index (χ2n) is 6.88. The maximum absolute atomic E-state index is 6.54. The first-order valence-electron chi connectivity index (χ1n) is 8.34. The monoisotopic (exact) mass is 351 g/mol. The van der Waals surface area contributed by atoms with E-state index in [1.165, 1.54) is 37.7 Å². The number of ether oxygens (including phenoxy) is 1. The molecule has 1 aliphatic carbocycles. The second-order valence-corrected chi connectivity index (χ2v) is 7.80. The highest BCUT2D eigenvalue weighted by Crippen LogP contribution is 2.47. The first kappa shape index (κ1) is 15.4. The fourth-order valence-electron chi connectivity index (χ4n) is 4.03. The average Bonchev–Trinajstić information content (AvgIpc) is 2.45. The number of rotatable bonds is 3. The zero-order chi connectivity index (χ0) is 14.9. The fourth-order valence-corrected chi connectivity index (χ4v) is 4.41. The Morgan fingerprint density at radius 3 is 3.00 bits per heavy atom. The van der Waals surface area contributed by atoms with Crippen LogP contribution in [-0.4, -0.2) is 12.1 Å². The van der Waals surface area contributed by atoms with Crippen molar-refractivity contribution >= 4 is 15.9 Å². The van der Waals surface area contributed by atoms with E-state index in [4.69, 9.17) is 4.74 Å². The van der Waals surface area contributed by atoms with Gasteiger partial charge in [-0.15, -0.1) is 0 Å². The summed E-state index contributed by atoms with van der Waals surface area (Å²) in [5.41, 5.74) is 1.38. The van der Waals surface area contributed by atoms with E-state index in [-0.39, 0.29) is 5.60 Å². The van der Waals surface area contributed by atoms with Crippen LogP contribution in [0.5, 0.6) is 5.75 Å². The zero-order valence-corrected chi connectivity index (χ0v) is 14.7. The van der Waals surface area contributed by atoms with E-state index in [0.29, 0.717) is 6.04 Å². The Balaban J connectivity index is 1.90.